The molecule has 0 amide bonds. The van der Waals surface area contributed by atoms with Crippen molar-refractivity contribution in [2.75, 3.05) is 20.0 Å². The smallest absolute Gasteiger partial charge is 0.337 e. The van der Waals surface area contributed by atoms with Gasteiger partial charge in [-0.1, -0.05) is 30.0 Å². The number of nitrogens with zero attached hydrogens (tertiary/aromatic N) is 3. The normalized spacial score (nSPS) is 13.4. The van der Waals surface area contributed by atoms with E-state index in [1.54, 1.807) is 41.6 Å². The molecule has 0 spiro atoms. The van der Waals surface area contributed by atoms with Gasteiger partial charge in [-0.15, -0.1) is 0 Å². The summed E-state index contributed by atoms with van der Waals surface area (Å²) in [6, 6.07) is 13.1. The first-order chi connectivity index (χ1) is 15.1. The van der Waals surface area contributed by atoms with Crippen LogP contribution < -0.4 is 10.3 Å². The van der Waals surface area contributed by atoms with Gasteiger partial charge in [0.15, 0.2) is 5.16 Å². The van der Waals surface area contributed by atoms with Gasteiger partial charge >= 0.3 is 5.97 Å². The van der Waals surface area contributed by atoms with Gasteiger partial charge in [-0.25, -0.2) is 9.78 Å². The summed E-state index contributed by atoms with van der Waals surface area (Å²) in [5.74, 6) is 1.19. The van der Waals surface area contributed by atoms with Gasteiger partial charge in [0.25, 0.3) is 5.56 Å². The van der Waals surface area contributed by atoms with Gasteiger partial charge in [0.1, 0.15) is 16.8 Å². The van der Waals surface area contributed by atoms with Crippen LogP contribution in [0, 0.1) is 0 Å². The molecular formula is C23H21N3O4S. The number of hydrogen-bond donors (Lipinski definition) is 0. The van der Waals surface area contributed by atoms with Gasteiger partial charge in [-0.2, -0.15) is 0 Å². The Balaban J connectivity index is 1.77. The Bertz CT molecular complexity index is 1390. The molecule has 5 rings (SSSR count). The number of carbonyl (C=O) groups is 1. The molecule has 2 aromatic carbocycles. The Morgan fingerprint density at radius 3 is 2.84 bits per heavy atom. The number of esters is 1. The van der Waals surface area contributed by atoms with Crippen LogP contribution in [0.2, 0.25) is 0 Å². The zero-order valence-corrected chi connectivity index (χ0v) is 18.1. The molecule has 0 unspecified atom stereocenters. The summed E-state index contributed by atoms with van der Waals surface area (Å²) in [4.78, 5) is 30.5. The van der Waals surface area contributed by atoms with E-state index in [2.05, 4.69) is 0 Å². The average Bonchev–Trinajstić information content (AvgIpc) is 3.12. The lowest BCUT2D eigenvalue weighted by atomic mass is 10.1. The number of benzene rings is 2. The van der Waals surface area contributed by atoms with Gasteiger partial charge in [0.05, 0.1) is 31.8 Å². The van der Waals surface area contributed by atoms with Crippen LogP contribution in [0.4, 0.5) is 0 Å². The van der Waals surface area contributed by atoms with E-state index in [-0.39, 0.29) is 5.56 Å². The van der Waals surface area contributed by atoms with Crippen molar-refractivity contribution in [2.24, 2.45) is 0 Å². The molecule has 0 radical (unpaired) electrons. The molecule has 2 aromatic heterocycles. The summed E-state index contributed by atoms with van der Waals surface area (Å²) in [6.07, 6.45) is 0.944. The zero-order chi connectivity index (χ0) is 21.5. The van der Waals surface area contributed by atoms with Crippen molar-refractivity contribution < 1.29 is 14.3 Å². The molecule has 0 aliphatic carbocycles. The molecule has 0 N–H and O–H groups in total. The highest BCUT2D eigenvalue weighted by Gasteiger charge is 2.22. The number of thioether (sulfide) groups is 1. The highest BCUT2D eigenvalue weighted by Crippen LogP contribution is 2.31. The van der Waals surface area contributed by atoms with Crippen molar-refractivity contribution in [1.82, 2.24) is 14.1 Å². The molecule has 8 heteroatoms. The van der Waals surface area contributed by atoms with Gasteiger partial charge < -0.3 is 14.0 Å². The Morgan fingerprint density at radius 2 is 2.03 bits per heavy atom. The minimum Gasteiger partial charge on any atom is -0.496 e. The molecule has 158 valence electrons. The number of fused-ring (bicyclic) bond motifs is 4. The van der Waals surface area contributed by atoms with E-state index in [4.69, 9.17) is 14.5 Å². The van der Waals surface area contributed by atoms with E-state index in [1.807, 2.05) is 28.8 Å². The fourth-order valence-electron chi connectivity index (χ4n) is 4.16. The quantitative estimate of drug-likeness (QED) is 0.360. The third-order valence-electron chi connectivity index (χ3n) is 5.62. The van der Waals surface area contributed by atoms with Gasteiger partial charge in [0.2, 0.25) is 0 Å². The van der Waals surface area contributed by atoms with Crippen LogP contribution in [0.25, 0.3) is 21.9 Å². The van der Waals surface area contributed by atoms with Gasteiger partial charge in [0, 0.05) is 23.2 Å². The molecule has 1 aliphatic rings. The van der Waals surface area contributed by atoms with E-state index in [0.717, 1.165) is 33.8 Å². The molecule has 4 aromatic rings. The van der Waals surface area contributed by atoms with Crippen LogP contribution in [0.1, 0.15) is 22.3 Å². The molecule has 0 saturated heterocycles. The lowest BCUT2D eigenvalue weighted by Gasteiger charge is -2.17. The third-order valence-corrected chi connectivity index (χ3v) is 6.68. The van der Waals surface area contributed by atoms with Crippen LogP contribution in [0.5, 0.6) is 5.75 Å². The van der Waals surface area contributed by atoms with E-state index in [0.29, 0.717) is 35.4 Å². The molecule has 31 heavy (non-hydrogen) atoms. The maximum atomic E-state index is 13.5. The summed E-state index contributed by atoms with van der Waals surface area (Å²) in [7, 11) is 2.94. The number of hydrogen-bond acceptors (Lipinski definition) is 6. The van der Waals surface area contributed by atoms with Crippen molar-refractivity contribution in [2.45, 2.75) is 24.7 Å². The first-order valence-electron chi connectivity index (χ1n) is 10.0. The summed E-state index contributed by atoms with van der Waals surface area (Å²) in [5, 5.41) is 1.71. The largest absolute Gasteiger partial charge is 0.496 e. The van der Waals surface area contributed by atoms with Crippen LogP contribution in [-0.4, -0.2) is 40.1 Å². The zero-order valence-electron chi connectivity index (χ0n) is 17.3. The van der Waals surface area contributed by atoms with Crippen LogP contribution >= 0.6 is 11.8 Å². The Hall–Kier alpha value is -3.26. The fourth-order valence-corrected chi connectivity index (χ4v) is 5.10. The van der Waals surface area contributed by atoms with Gasteiger partial charge in [-0.05, 0) is 30.7 Å². The summed E-state index contributed by atoms with van der Waals surface area (Å²) >= 11 is 1.62. The van der Waals surface area contributed by atoms with Crippen molar-refractivity contribution in [3.05, 3.63) is 63.9 Å². The molecule has 1 aliphatic heterocycles. The fraction of sp³-hybridized carbons (Fsp3) is 0.261. The van der Waals surface area contributed by atoms with Crippen molar-refractivity contribution in [3.8, 4) is 5.75 Å². The van der Waals surface area contributed by atoms with E-state index < -0.39 is 5.97 Å². The Kier molecular flexibility index (Phi) is 4.94. The second-order valence-corrected chi connectivity index (χ2v) is 8.43. The highest BCUT2D eigenvalue weighted by atomic mass is 32.2. The second kappa shape index (κ2) is 7.77. The van der Waals surface area contributed by atoms with E-state index >= 15 is 0 Å². The predicted octanol–water partition coefficient (Wildman–Crippen LogP) is 3.69. The van der Waals surface area contributed by atoms with Gasteiger partial charge in [-0.3, -0.25) is 9.36 Å². The Labute approximate surface area is 182 Å². The maximum absolute atomic E-state index is 13.5. The topological polar surface area (TPSA) is 75.3 Å². The second-order valence-electron chi connectivity index (χ2n) is 7.37. The number of carbonyl (C=O) groups excluding carboxylic acids is 1. The van der Waals surface area contributed by atoms with Crippen molar-refractivity contribution >= 4 is 39.7 Å². The summed E-state index contributed by atoms with van der Waals surface area (Å²) in [6.45, 7) is 1.04. The SMILES string of the molecule is COC(=O)c1ccc(OC)c(Cn2c3ccccc3c3nc4n(c(=O)c32)CCCS4)c1. The maximum Gasteiger partial charge on any atom is 0.337 e. The first kappa shape index (κ1) is 19.7. The molecule has 0 saturated carbocycles. The lowest BCUT2D eigenvalue weighted by molar-refractivity contribution is 0.0600. The third kappa shape index (κ3) is 3.18. The molecule has 7 nitrogen and oxygen atoms in total. The lowest BCUT2D eigenvalue weighted by Crippen LogP contribution is -2.27. The first-order valence-corrected chi connectivity index (χ1v) is 11.0. The molecule has 3 heterocycles. The molecule has 0 bridgehead atoms. The molecular weight excluding hydrogens is 414 g/mol. The van der Waals surface area contributed by atoms with Crippen LogP contribution in [0.3, 0.4) is 0 Å². The summed E-state index contributed by atoms with van der Waals surface area (Å²) in [5.41, 5.74) is 3.38. The van der Waals surface area contributed by atoms with E-state index in [9.17, 15) is 9.59 Å². The minimum atomic E-state index is -0.418. The van der Waals surface area contributed by atoms with Crippen molar-refractivity contribution in [1.29, 1.82) is 0 Å². The molecule has 0 atom stereocenters. The number of methoxy groups -OCH3 is 2. The van der Waals surface area contributed by atoms with E-state index in [1.165, 1.54) is 7.11 Å². The van der Waals surface area contributed by atoms with Crippen LogP contribution in [0.15, 0.2) is 52.4 Å². The standard InChI is InChI=1S/C23H21N3O4S/c1-29-18-9-8-14(22(28)30-2)12-15(18)13-26-17-7-4-3-6-16(17)19-20(26)21(27)25-10-5-11-31-23(25)24-19/h3-4,6-9,12H,5,10-11,13H2,1-2H3. The Morgan fingerprint density at radius 1 is 1.19 bits per heavy atom. The predicted molar refractivity (Wildman–Crippen MR) is 120 cm³/mol. The van der Waals surface area contributed by atoms with Crippen molar-refractivity contribution in [3.63, 3.8) is 0 Å². The van der Waals surface area contributed by atoms with Crippen LogP contribution in [-0.2, 0) is 17.8 Å². The molecule has 0 fully saturated rings. The monoisotopic (exact) mass is 435 g/mol. The number of rotatable bonds is 4. The number of para-hydroxylation sites is 1. The highest BCUT2D eigenvalue weighted by molar-refractivity contribution is 7.99. The average molecular weight is 436 g/mol. The summed E-state index contributed by atoms with van der Waals surface area (Å²) < 4.78 is 14.2. The number of ether oxygens (including phenoxy) is 2. The number of aromatic nitrogens is 3. The minimum absolute atomic E-state index is 0.0357.